The van der Waals surface area contributed by atoms with Gasteiger partial charge in [0.15, 0.2) is 5.58 Å². The molecule has 2 heterocycles. The van der Waals surface area contributed by atoms with Crippen LogP contribution in [-0.4, -0.2) is 30.4 Å². The molecule has 0 bridgehead atoms. The van der Waals surface area contributed by atoms with Gasteiger partial charge in [0, 0.05) is 29.2 Å². The SMILES string of the molecule is O=c1oc2cc(S(=O)(=O)N3CCCCC3)ccc2n1Cc1ccc(Cl)cc1Cl. The molecule has 1 aliphatic heterocycles. The summed E-state index contributed by atoms with van der Waals surface area (Å²) in [4.78, 5) is 12.5. The van der Waals surface area contributed by atoms with Gasteiger partial charge >= 0.3 is 5.76 Å². The van der Waals surface area contributed by atoms with Gasteiger partial charge in [-0.05, 0) is 42.7 Å². The van der Waals surface area contributed by atoms with Crippen LogP contribution in [0.1, 0.15) is 24.8 Å². The van der Waals surface area contributed by atoms with E-state index in [4.69, 9.17) is 27.6 Å². The van der Waals surface area contributed by atoms with Crippen molar-refractivity contribution in [3.05, 3.63) is 62.6 Å². The summed E-state index contributed by atoms with van der Waals surface area (Å²) in [5.41, 5.74) is 1.45. The van der Waals surface area contributed by atoms with Crippen molar-refractivity contribution in [2.75, 3.05) is 13.1 Å². The molecule has 1 aliphatic rings. The van der Waals surface area contributed by atoms with E-state index in [2.05, 4.69) is 0 Å². The van der Waals surface area contributed by atoms with Crippen LogP contribution >= 0.6 is 23.2 Å². The molecule has 0 saturated carbocycles. The first-order chi connectivity index (χ1) is 13.4. The predicted molar refractivity (Wildman–Crippen MR) is 109 cm³/mol. The number of sulfonamides is 1. The summed E-state index contributed by atoms with van der Waals surface area (Å²) < 4.78 is 33.9. The van der Waals surface area contributed by atoms with Crippen LogP contribution in [-0.2, 0) is 16.6 Å². The number of hydrogen-bond donors (Lipinski definition) is 0. The van der Waals surface area contributed by atoms with Crippen molar-refractivity contribution in [2.45, 2.75) is 30.7 Å². The second kappa shape index (κ2) is 7.55. The van der Waals surface area contributed by atoms with Gasteiger partial charge in [-0.15, -0.1) is 0 Å². The van der Waals surface area contributed by atoms with E-state index in [-0.39, 0.29) is 17.0 Å². The van der Waals surface area contributed by atoms with E-state index in [1.54, 1.807) is 24.3 Å². The summed E-state index contributed by atoms with van der Waals surface area (Å²) in [5.74, 6) is -0.575. The smallest absolute Gasteiger partial charge is 0.408 e. The minimum absolute atomic E-state index is 0.132. The van der Waals surface area contributed by atoms with Crippen molar-refractivity contribution >= 4 is 44.3 Å². The maximum atomic E-state index is 12.9. The number of piperidine rings is 1. The van der Waals surface area contributed by atoms with E-state index in [1.165, 1.54) is 21.0 Å². The van der Waals surface area contributed by atoms with Gasteiger partial charge in [-0.3, -0.25) is 4.57 Å². The summed E-state index contributed by atoms with van der Waals surface area (Å²) in [6.07, 6.45) is 2.75. The van der Waals surface area contributed by atoms with Gasteiger partial charge in [0.1, 0.15) is 0 Å². The van der Waals surface area contributed by atoms with E-state index >= 15 is 0 Å². The molecule has 0 unspecified atom stereocenters. The lowest BCUT2D eigenvalue weighted by atomic mass is 10.2. The van der Waals surface area contributed by atoms with E-state index in [9.17, 15) is 13.2 Å². The van der Waals surface area contributed by atoms with Crippen molar-refractivity contribution < 1.29 is 12.8 Å². The van der Waals surface area contributed by atoms with Crippen LogP contribution in [0.5, 0.6) is 0 Å². The van der Waals surface area contributed by atoms with Crippen molar-refractivity contribution in [3.63, 3.8) is 0 Å². The lowest BCUT2D eigenvalue weighted by molar-refractivity contribution is 0.346. The molecule has 1 fully saturated rings. The molecule has 0 amide bonds. The Morgan fingerprint density at radius 1 is 1.00 bits per heavy atom. The van der Waals surface area contributed by atoms with Crippen molar-refractivity contribution in [2.24, 2.45) is 0 Å². The maximum absolute atomic E-state index is 12.9. The molecular formula is C19H18Cl2N2O4S. The molecule has 0 spiro atoms. The molecular weight excluding hydrogens is 423 g/mol. The Morgan fingerprint density at radius 3 is 2.46 bits per heavy atom. The fraction of sp³-hybridized carbons (Fsp3) is 0.316. The summed E-state index contributed by atoms with van der Waals surface area (Å²) in [5, 5.41) is 0.948. The normalized spacial score (nSPS) is 15.9. The lowest BCUT2D eigenvalue weighted by Gasteiger charge is -2.25. The topological polar surface area (TPSA) is 72.5 Å². The predicted octanol–water partition coefficient (Wildman–Crippen LogP) is 4.12. The zero-order valence-electron chi connectivity index (χ0n) is 14.9. The van der Waals surface area contributed by atoms with Gasteiger partial charge in [-0.1, -0.05) is 35.7 Å². The summed E-state index contributed by atoms with van der Waals surface area (Å²) in [6.45, 7) is 1.22. The number of halogens is 2. The van der Waals surface area contributed by atoms with Crippen LogP contribution in [0.3, 0.4) is 0 Å². The quantitative estimate of drug-likeness (QED) is 0.611. The summed E-state index contributed by atoms with van der Waals surface area (Å²) >= 11 is 12.1. The monoisotopic (exact) mass is 440 g/mol. The third-order valence-electron chi connectivity index (χ3n) is 4.94. The Bertz CT molecular complexity index is 1190. The van der Waals surface area contributed by atoms with Gasteiger partial charge in [0.25, 0.3) is 0 Å². The first-order valence-corrected chi connectivity index (χ1v) is 11.1. The average Bonchev–Trinajstić information content (AvgIpc) is 2.99. The molecule has 0 atom stereocenters. The summed E-state index contributed by atoms with van der Waals surface area (Å²) in [6, 6.07) is 9.57. The number of rotatable bonds is 4. The summed E-state index contributed by atoms with van der Waals surface area (Å²) in [7, 11) is -3.60. The number of oxazole rings is 1. The van der Waals surface area contributed by atoms with E-state index < -0.39 is 15.8 Å². The van der Waals surface area contributed by atoms with E-state index in [1.807, 2.05) is 0 Å². The van der Waals surface area contributed by atoms with Crippen molar-refractivity contribution in [1.29, 1.82) is 0 Å². The fourth-order valence-corrected chi connectivity index (χ4v) is 5.43. The number of benzene rings is 2. The standard InChI is InChI=1S/C19H18Cl2N2O4S/c20-14-5-4-13(16(21)10-14)12-23-17-7-6-15(11-18(17)27-19(23)24)28(25,26)22-8-2-1-3-9-22/h4-7,10-11H,1-3,8-9,12H2. The van der Waals surface area contributed by atoms with Gasteiger partial charge < -0.3 is 4.42 Å². The third-order valence-corrected chi connectivity index (χ3v) is 7.42. The Hall–Kier alpha value is -1.80. The maximum Gasteiger partial charge on any atom is 0.420 e. The second-order valence-corrected chi connectivity index (χ2v) is 9.57. The van der Waals surface area contributed by atoms with Crippen molar-refractivity contribution in [3.8, 4) is 0 Å². The Balaban J connectivity index is 1.71. The number of aromatic nitrogens is 1. The van der Waals surface area contributed by atoms with Crippen LogP contribution in [0.25, 0.3) is 11.1 Å². The molecule has 0 radical (unpaired) electrons. The zero-order chi connectivity index (χ0) is 19.9. The van der Waals surface area contributed by atoms with Crippen LogP contribution in [0, 0.1) is 0 Å². The first-order valence-electron chi connectivity index (χ1n) is 8.94. The largest absolute Gasteiger partial charge is 0.420 e. The molecule has 3 aromatic rings. The second-order valence-electron chi connectivity index (χ2n) is 6.78. The van der Waals surface area contributed by atoms with Crippen LogP contribution in [0.2, 0.25) is 10.0 Å². The zero-order valence-corrected chi connectivity index (χ0v) is 17.2. The average molecular weight is 441 g/mol. The fourth-order valence-electron chi connectivity index (χ4n) is 3.43. The number of fused-ring (bicyclic) bond motifs is 1. The number of nitrogens with zero attached hydrogens (tertiary/aromatic N) is 2. The molecule has 4 rings (SSSR count). The molecule has 28 heavy (non-hydrogen) atoms. The van der Waals surface area contributed by atoms with Crippen LogP contribution < -0.4 is 5.76 Å². The molecule has 148 valence electrons. The van der Waals surface area contributed by atoms with Crippen LogP contribution in [0.4, 0.5) is 0 Å². The van der Waals surface area contributed by atoms with Gasteiger partial charge in [0.2, 0.25) is 10.0 Å². The third kappa shape index (κ3) is 3.59. The molecule has 0 aliphatic carbocycles. The number of hydrogen-bond acceptors (Lipinski definition) is 4. The molecule has 0 N–H and O–H groups in total. The molecule has 1 saturated heterocycles. The van der Waals surface area contributed by atoms with Gasteiger partial charge in [-0.25, -0.2) is 13.2 Å². The van der Waals surface area contributed by atoms with Crippen molar-refractivity contribution in [1.82, 2.24) is 8.87 Å². The molecule has 2 aromatic carbocycles. The van der Waals surface area contributed by atoms with E-state index in [0.29, 0.717) is 34.2 Å². The van der Waals surface area contributed by atoms with Crippen LogP contribution in [0.15, 0.2) is 50.5 Å². The lowest BCUT2D eigenvalue weighted by Crippen LogP contribution is -2.35. The Morgan fingerprint density at radius 2 is 1.75 bits per heavy atom. The highest BCUT2D eigenvalue weighted by molar-refractivity contribution is 7.89. The Kier molecular flexibility index (Phi) is 5.26. The minimum Gasteiger partial charge on any atom is -0.408 e. The molecule has 9 heteroatoms. The van der Waals surface area contributed by atoms with E-state index in [0.717, 1.165) is 19.3 Å². The Labute approximate surface area is 172 Å². The molecule has 6 nitrogen and oxygen atoms in total. The first kappa shape index (κ1) is 19.5. The highest BCUT2D eigenvalue weighted by atomic mass is 35.5. The molecule has 1 aromatic heterocycles. The van der Waals surface area contributed by atoms with Gasteiger partial charge in [-0.2, -0.15) is 4.31 Å². The van der Waals surface area contributed by atoms with Gasteiger partial charge in [0.05, 0.1) is 17.0 Å². The highest BCUT2D eigenvalue weighted by Crippen LogP contribution is 2.26. The minimum atomic E-state index is -3.60. The highest BCUT2D eigenvalue weighted by Gasteiger charge is 2.27.